The van der Waals surface area contributed by atoms with Crippen LogP contribution < -0.4 is 0 Å². The van der Waals surface area contributed by atoms with Crippen LogP contribution in [0.25, 0.3) is 0 Å². The maximum absolute atomic E-state index is 12.7. The zero-order chi connectivity index (χ0) is 13.3. The van der Waals surface area contributed by atoms with Gasteiger partial charge in [0, 0.05) is 24.9 Å². The molecule has 0 radical (unpaired) electrons. The van der Waals surface area contributed by atoms with E-state index in [0.29, 0.717) is 18.3 Å². The van der Waals surface area contributed by atoms with Gasteiger partial charge in [0.2, 0.25) is 0 Å². The van der Waals surface area contributed by atoms with Gasteiger partial charge >= 0.3 is 0 Å². The van der Waals surface area contributed by atoms with E-state index in [4.69, 9.17) is 9.47 Å². The molecule has 0 aromatic rings. The van der Waals surface area contributed by atoms with Crippen molar-refractivity contribution in [3.8, 4) is 0 Å². The first kappa shape index (κ1) is 13.9. The lowest BCUT2D eigenvalue weighted by Crippen LogP contribution is -2.45. The van der Waals surface area contributed by atoms with Crippen molar-refractivity contribution in [3.63, 3.8) is 0 Å². The molecule has 0 aromatic carbocycles. The van der Waals surface area contributed by atoms with E-state index in [1.165, 1.54) is 18.6 Å². The Labute approximate surface area is 119 Å². The van der Waals surface area contributed by atoms with Gasteiger partial charge in [0.15, 0.2) is 5.78 Å². The maximum Gasteiger partial charge on any atom is 0.165 e. The summed E-state index contributed by atoms with van der Waals surface area (Å²) in [5, 5.41) is 0. The number of hydrogen-bond acceptors (Lipinski definition) is 4. The Morgan fingerprint density at radius 2 is 2.32 bits per heavy atom. The van der Waals surface area contributed by atoms with Crippen LogP contribution in [-0.4, -0.2) is 42.2 Å². The summed E-state index contributed by atoms with van der Waals surface area (Å²) in [6.07, 6.45) is 5.14. The zero-order valence-corrected chi connectivity index (χ0v) is 12.5. The first-order chi connectivity index (χ1) is 9.24. The molecule has 1 aliphatic carbocycles. The van der Waals surface area contributed by atoms with Crippen molar-refractivity contribution in [1.82, 2.24) is 0 Å². The van der Waals surface area contributed by atoms with Crippen molar-refractivity contribution in [2.45, 2.75) is 50.7 Å². The molecule has 3 aliphatic rings. The predicted molar refractivity (Wildman–Crippen MR) is 76.5 cm³/mol. The molecule has 0 N–H and O–H groups in total. The lowest BCUT2D eigenvalue weighted by molar-refractivity contribution is -0.146. The number of Topliss-reactive ketones (excluding diaryl/α,β-unsaturated/α-hetero) is 1. The summed E-state index contributed by atoms with van der Waals surface area (Å²) in [4.78, 5) is 12.7. The standard InChI is InChI=1S/C15H24O3S/c1-2-17-14(11-3-4-11)13(16)12-5-7-18-15(9-12)6-8-19-10-15/h11-12,14H,2-10H2,1H3. The van der Waals surface area contributed by atoms with Crippen molar-refractivity contribution >= 4 is 17.5 Å². The van der Waals surface area contributed by atoms with Gasteiger partial charge < -0.3 is 9.47 Å². The third kappa shape index (κ3) is 3.01. The van der Waals surface area contributed by atoms with Gasteiger partial charge in [-0.15, -0.1) is 0 Å². The average molecular weight is 284 g/mol. The van der Waals surface area contributed by atoms with Crippen LogP contribution in [-0.2, 0) is 14.3 Å². The highest BCUT2D eigenvalue weighted by Crippen LogP contribution is 2.43. The monoisotopic (exact) mass is 284 g/mol. The normalized spacial score (nSPS) is 36.6. The van der Waals surface area contributed by atoms with Gasteiger partial charge in [-0.1, -0.05) is 0 Å². The van der Waals surface area contributed by atoms with Crippen molar-refractivity contribution < 1.29 is 14.3 Å². The quantitative estimate of drug-likeness (QED) is 0.777. The summed E-state index contributed by atoms with van der Waals surface area (Å²) in [5.41, 5.74) is 0.00353. The van der Waals surface area contributed by atoms with Crippen molar-refractivity contribution in [1.29, 1.82) is 0 Å². The van der Waals surface area contributed by atoms with Gasteiger partial charge in [0.25, 0.3) is 0 Å². The molecule has 1 saturated carbocycles. The van der Waals surface area contributed by atoms with E-state index in [1.54, 1.807) is 0 Å². The number of ketones is 1. The predicted octanol–water partition coefficient (Wildman–Crippen LogP) is 2.67. The number of hydrogen-bond donors (Lipinski definition) is 0. The molecule has 108 valence electrons. The van der Waals surface area contributed by atoms with Crippen LogP contribution in [0.2, 0.25) is 0 Å². The lowest BCUT2D eigenvalue weighted by atomic mass is 9.81. The molecule has 3 rings (SSSR count). The van der Waals surface area contributed by atoms with Crippen molar-refractivity contribution in [2.75, 3.05) is 24.7 Å². The van der Waals surface area contributed by atoms with E-state index in [0.717, 1.165) is 31.6 Å². The molecule has 0 bridgehead atoms. The van der Waals surface area contributed by atoms with Crippen LogP contribution >= 0.6 is 11.8 Å². The Balaban J connectivity index is 1.64. The Morgan fingerprint density at radius 1 is 1.47 bits per heavy atom. The smallest absolute Gasteiger partial charge is 0.165 e. The SMILES string of the molecule is CCOC(C(=O)C1CCOC2(CCSC2)C1)C1CC1. The molecule has 2 heterocycles. The highest BCUT2D eigenvalue weighted by molar-refractivity contribution is 7.99. The van der Waals surface area contributed by atoms with E-state index < -0.39 is 0 Å². The number of ether oxygens (including phenoxy) is 2. The zero-order valence-electron chi connectivity index (χ0n) is 11.7. The molecule has 3 unspecified atom stereocenters. The van der Waals surface area contributed by atoms with E-state index in [-0.39, 0.29) is 17.6 Å². The molecule has 3 fully saturated rings. The summed E-state index contributed by atoms with van der Waals surface area (Å²) in [6, 6.07) is 0. The molecule has 2 saturated heterocycles. The topological polar surface area (TPSA) is 35.5 Å². The van der Waals surface area contributed by atoms with Gasteiger partial charge in [-0.25, -0.2) is 0 Å². The molecule has 3 nitrogen and oxygen atoms in total. The summed E-state index contributed by atoms with van der Waals surface area (Å²) < 4.78 is 11.7. The molecule has 0 amide bonds. The number of carbonyl (C=O) groups excluding carboxylic acids is 1. The first-order valence-electron chi connectivity index (χ1n) is 7.61. The van der Waals surface area contributed by atoms with Crippen LogP contribution in [0.15, 0.2) is 0 Å². The average Bonchev–Trinajstić information content (AvgIpc) is 3.18. The van der Waals surface area contributed by atoms with Crippen LogP contribution in [0.5, 0.6) is 0 Å². The fourth-order valence-corrected chi connectivity index (χ4v) is 4.77. The second-order valence-corrected chi connectivity index (χ2v) is 7.24. The Kier molecular flexibility index (Phi) is 4.20. The molecule has 2 aliphatic heterocycles. The summed E-state index contributed by atoms with van der Waals surface area (Å²) in [7, 11) is 0. The van der Waals surface area contributed by atoms with Gasteiger partial charge in [-0.05, 0) is 50.7 Å². The maximum atomic E-state index is 12.7. The Hall–Kier alpha value is -0.0600. The second kappa shape index (κ2) is 5.74. The van der Waals surface area contributed by atoms with E-state index >= 15 is 0 Å². The number of rotatable bonds is 5. The van der Waals surface area contributed by atoms with Crippen LogP contribution in [0.4, 0.5) is 0 Å². The highest BCUT2D eigenvalue weighted by atomic mass is 32.2. The summed E-state index contributed by atoms with van der Waals surface area (Å²) in [5.74, 6) is 3.29. The molecule has 3 atom stereocenters. The minimum atomic E-state index is -0.126. The van der Waals surface area contributed by atoms with Crippen LogP contribution in [0, 0.1) is 11.8 Å². The molecule has 0 aromatic heterocycles. The second-order valence-electron chi connectivity index (χ2n) is 6.14. The third-order valence-electron chi connectivity index (χ3n) is 4.64. The molecule has 19 heavy (non-hydrogen) atoms. The van der Waals surface area contributed by atoms with Gasteiger partial charge in [0.05, 0.1) is 5.60 Å². The Morgan fingerprint density at radius 3 is 2.95 bits per heavy atom. The minimum Gasteiger partial charge on any atom is -0.374 e. The first-order valence-corrected chi connectivity index (χ1v) is 8.76. The van der Waals surface area contributed by atoms with Gasteiger partial charge in [-0.2, -0.15) is 11.8 Å². The van der Waals surface area contributed by atoms with E-state index in [1.807, 2.05) is 18.7 Å². The van der Waals surface area contributed by atoms with Crippen LogP contribution in [0.3, 0.4) is 0 Å². The lowest BCUT2D eigenvalue weighted by Gasteiger charge is -2.38. The molecule has 4 heteroatoms. The van der Waals surface area contributed by atoms with Crippen molar-refractivity contribution in [2.24, 2.45) is 11.8 Å². The van der Waals surface area contributed by atoms with Crippen molar-refractivity contribution in [3.05, 3.63) is 0 Å². The third-order valence-corrected chi connectivity index (χ3v) is 5.86. The largest absolute Gasteiger partial charge is 0.374 e. The highest BCUT2D eigenvalue weighted by Gasteiger charge is 2.46. The number of thioether (sulfide) groups is 1. The fraction of sp³-hybridized carbons (Fsp3) is 0.933. The van der Waals surface area contributed by atoms with Crippen LogP contribution in [0.1, 0.15) is 39.0 Å². The molecular weight excluding hydrogens is 260 g/mol. The molecular formula is C15H24O3S. The fourth-order valence-electron chi connectivity index (χ4n) is 3.40. The summed E-state index contributed by atoms with van der Waals surface area (Å²) >= 11 is 1.96. The van der Waals surface area contributed by atoms with E-state index in [2.05, 4.69) is 0 Å². The van der Waals surface area contributed by atoms with Gasteiger partial charge in [0.1, 0.15) is 6.10 Å². The molecule has 1 spiro atoms. The minimum absolute atomic E-state index is 0.00353. The van der Waals surface area contributed by atoms with Gasteiger partial charge in [-0.3, -0.25) is 4.79 Å². The number of carbonyl (C=O) groups is 1. The van der Waals surface area contributed by atoms with E-state index in [9.17, 15) is 4.79 Å². The summed E-state index contributed by atoms with van der Waals surface area (Å²) in [6.45, 7) is 3.39. The Bertz CT molecular complexity index is 334.